The van der Waals surface area contributed by atoms with Gasteiger partial charge in [0.1, 0.15) is 18.2 Å². The van der Waals surface area contributed by atoms with E-state index in [1.165, 1.54) is 6.07 Å². The molecular weight excluding hydrogens is 279 g/mol. The maximum atomic E-state index is 13.9. The van der Waals surface area contributed by atoms with Crippen LogP contribution in [0, 0.1) is 5.82 Å². The van der Waals surface area contributed by atoms with Gasteiger partial charge in [-0.3, -0.25) is 0 Å². The number of piperidine rings is 1. The standard InChI is InChI=1S/C13H16F3NO.ClH/c14-12-7-10(18-8-13(15)16)1-2-11(12)9-3-5-17-6-4-9;/h1-2,7,9,13,17H,3-6,8H2;1H. The lowest BCUT2D eigenvalue weighted by molar-refractivity contribution is 0.0817. The van der Waals surface area contributed by atoms with Gasteiger partial charge in [-0.15, -0.1) is 12.4 Å². The van der Waals surface area contributed by atoms with Crippen LogP contribution in [0.3, 0.4) is 0 Å². The zero-order chi connectivity index (χ0) is 13.0. The van der Waals surface area contributed by atoms with Gasteiger partial charge in [0.2, 0.25) is 0 Å². The van der Waals surface area contributed by atoms with Crippen molar-refractivity contribution in [3.63, 3.8) is 0 Å². The molecule has 0 unspecified atom stereocenters. The summed E-state index contributed by atoms with van der Waals surface area (Å²) in [6, 6.07) is 4.40. The van der Waals surface area contributed by atoms with Gasteiger partial charge in [-0.25, -0.2) is 13.2 Å². The van der Waals surface area contributed by atoms with E-state index in [9.17, 15) is 13.2 Å². The van der Waals surface area contributed by atoms with Gasteiger partial charge in [0.05, 0.1) is 0 Å². The van der Waals surface area contributed by atoms with Gasteiger partial charge >= 0.3 is 0 Å². The molecule has 0 spiro atoms. The van der Waals surface area contributed by atoms with E-state index >= 15 is 0 Å². The maximum absolute atomic E-state index is 13.9. The summed E-state index contributed by atoms with van der Waals surface area (Å²) in [6.45, 7) is 1.06. The first kappa shape index (κ1) is 16.1. The highest BCUT2D eigenvalue weighted by Crippen LogP contribution is 2.29. The second-order valence-corrected chi connectivity index (χ2v) is 4.41. The van der Waals surface area contributed by atoms with Crippen molar-refractivity contribution in [1.29, 1.82) is 0 Å². The van der Waals surface area contributed by atoms with Crippen molar-refractivity contribution in [3.8, 4) is 5.75 Å². The summed E-state index contributed by atoms with van der Waals surface area (Å²) in [5.41, 5.74) is 0.654. The molecule has 0 radical (unpaired) electrons. The Morgan fingerprint density at radius 2 is 1.95 bits per heavy atom. The Labute approximate surface area is 116 Å². The van der Waals surface area contributed by atoms with Crippen LogP contribution in [-0.2, 0) is 0 Å². The summed E-state index contributed by atoms with van der Waals surface area (Å²) in [6.07, 6.45) is -0.750. The Balaban J connectivity index is 0.00000180. The summed E-state index contributed by atoms with van der Waals surface area (Å²) in [4.78, 5) is 0. The minimum absolute atomic E-state index is 0. The van der Waals surface area contributed by atoms with Gasteiger partial charge in [0, 0.05) is 6.07 Å². The number of benzene rings is 1. The maximum Gasteiger partial charge on any atom is 0.272 e. The van der Waals surface area contributed by atoms with Crippen LogP contribution in [0.2, 0.25) is 0 Å². The molecule has 0 bridgehead atoms. The first-order valence-electron chi connectivity index (χ1n) is 6.08. The largest absolute Gasteiger partial charge is 0.488 e. The highest BCUT2D eigenvalue weighted by atomic mass is 35.5. The fourth-order valence-electron chi connectivity index (χ4n) is 2.22. The quantitative estimate of drug-likeness (QED) is 0.920. The molecule has 1 fully saturated rings. The molecule has 0 aliphatic carbocycles. The third-order valence-electron chi connectivity index (χ3n) is 3.13. The molecule has 1 aliphatic heterocycles. The van der Waals surface area contributed by atoms with Crippen LogP contribution < -0.4 is 10.1 Å². The second-order valence-electron chi connectivity index (χ2n) is 4.41. The number of alkyl halides is 2. The van der Waals surface area contributed by atoms with Gasteiger partial charge < -0.3 is 10.1 Å². The number of hydrogen-bond acceptors (Lipinski definition) is 2. The molecule has 1 saturated heterocycles. The Morgan fingerprint density at radius 3 is 2.53 bits per heavy atom. The van der Waals surface area contributed by atoms with E-state index in [4.69, 9.17) is 4.74 Å². The van der Waals surface area contributed by atoms with Crippen LogP contribution in [0.15, 0.2) is 18.2 Å². The molecule has 0 aromatic heterocycles. The van der Waals surface area contributed by atoms with E-state index in [0.717, 1.165) is 25.9 Å². The Bertz CT molecular complexity index is 397. The number of rotatable bonds is 4. The lowest BCUT2D eigenvalue weighted by Gasteiger charge is -2.23. The number of nitrogens with one attached hydrogen (secondary N) is 1. The van der Waals surface area contributed by atoms with Crippen LogP contribution >= 0.6 is 12.4 Å². The number of halogens is 4. The molecule has 0 atom stereocenters. The molecule has 19 heavy (non-hydrogen) atoms. The number of hydrogen-bond donors (Lipinski definition) is 1. The molecule has 2 nitrogen and oxygen atoms in total. The van der Waals surface area contributed by atoms with Crippen LogP contribution in [0.1, 0.15) is 24.3 Å². The van der Waals surface area contributed by atoms with E-state index < -0.39 is 13.0 Å². The summed E-state index contributed by atoms with van der Waals surface area (Å²) in [5.74, 6) is -0.00505. The average Bonchev–Trinajstić information content (AvgIpc) is 2.37. The summed E-state index contributed by atoms with van der Waals surface area (Å²) < 4.78 is 42.6. The highest BCUT2D eigenvalue weighted by molar-refractivity contribution is 5.85. The lowest BCUT2D eigenvalue weighted by atomic mass is 9.90. The van der Waals surface area contributed by atoms with Crippen LogP contribution in [0.4, 0.5) is 13.2 Å². The predicted octanol–water partition coefficient (Wildman–Crippen LogP) is 3.36. The lowest BCUT2D eigenvalue weighted by Crippen LogP contribution is -2.27. The summed E-state index contributed by atoms with van der Waals surface area (Å²) >= 11 is 0. The summed E-state index contributed by atoms with van der Waals surface area (Å²) in [7, 11) is 0. The van der Waals surface area contributed by atoms with E-state index in [1.807, 2.05) is 0 Å². The van der Waals surface area contributed by atoms with Crippen LogP contribution in [-0.4, -0.2) is 26.1 Å². The van der Waals surface area contributed by atoms with Gasteiger partial charge in [-0.2, -0.15) is 0 Å². The topological polar surface area (TPSA) is 21.3 Å². The van der Waals surface area contributed by atoms with E-state index in [1.54, 1.807) is 12.1 Å². The number of ether oxygens (including phenoxy) is 1. The normalized spacial score (nSPS) is 16.2. The molecule has 1 aromatic rings. The molecular formula is C13H17ClF3NO. The van der Waals surface area contributed by atoms with Crippen molar-refractivity contribution >= 4 is 12.4 Å². The average molecular weight is 296 g/mol. The van der Waals surface area contributed by atoms with Crippen LogP contribution in [0.25, 0.3) is 0 Å². The fourth-order valence-corrected chi connectivity index (χ4v) is 2.22. The van der Waals surface area contributed by atoms with Gasteiger partial charge in [0.25, 0.3) is 6.43 Å². The second kappa shape index (κ2) is 7.60. The first-order valence-corrected chi connectivity index (χ1v) is 6.08. The summed E-state index contributed by atoms with van der Waals surface area (Å²) in [5, 5.41) is 3.22. The molecule has 1 heterocycles. The molecule has 0 amide bonds. The Morgan fingerprint density at radius 1 is 1.26 bits per heavy atom. The zero-order valence-electron chi connectivity index (χ0n) is 10.4. The minimum atomic E-state index is -2.54. The van der Waals surface area contributed by atoms with Crippen molar-refractivity contribution in [2.24, 2.45) is 0 Å². The van der Waals surface area contributed by atoms with Crippen molar-refractivity contribution in [2.75, 3.05) is 19.7 Å². The highest BCUT2D eigenvalue weighted by Gasteiger charge is 2.19. The Kier molecular flexibility index (Phi) is 6.45. The fraction of sp³-hybridized carbons (Fsp3) is 0.538. The van der Waals surface area contributed by atoms with Gasteiger partial charge in [-0.05, 0) is 43.5 Å². The van der Waals surface area contributed by atoms with Crippen molar-refractivity contribution in [1.82, 2.24) is 5.32 Å². The third kappa shape index (κ3) is 4.58. The first-order chi connectivity index (χ1) is 8.66. The molecule has 0 saturated carbocycles. The van der Waals surface area contributed by atoms with E-state index in [2.05, 4.69) is 5.32 Å². The molecule has 108 valence electrons. The zero-order valence-corrected chi connectivity index (χ0v) is 11.2. The van der Waals surface area contributed by atoms with Gasteiger partial charge in [0.15, 0.2) is 0 Å². The Hall–Kier alpha value is -0.940. The van der Waals surface area contributed by atoms with Crippen molar-refractivity contribution in [3.05, 3.63) is 29.6 Å². The van der Waals surface area contributed by atoms with Crippen LogP contribution in [0.5, 0.6) is 5.75 Å². The monoisotopic (exact) mass is 295 g/mol. The molecule has 1 aliphatic rings. The van der Waals surface area contributed by atoms with Gasteiger partial charge in [-0.1, -0.05) is 6.07 Å². The van der Waals surface area contributed by atoms with Crippen molar-refractivity contribution in [2.45, 2.75) is 25.2 Å². The molecule has 1 aromatic carbocycles. The van der Waals surface area contributed by atoms with Crippen molar-refractivity contribution < 1.29 is 17.9 Å². The smallest absolute Gasteiger partial charge is 0.272 e. The third-order valence-corrected chi connectivity index (χ3v) is 3.13. The SMILES string of the molecule is Cl.Fc1cc(OCC(F)F)ccc1C1CCNCC1. The molecule has 2 rings (SSSR count). The predicted molar refractivity (Wildman–Crippen MR) is 70.0 cm³/mol. The van der Waals surface area contributed by atoms with E-state index in [-0.39, 0.29) is 29.9 Å². The molecule has 6 heteroatoms. The minimum Gasteiger partial charge on any atom is -0.488 e. The van der Waals surface area contributed by atoms with E-state index in [0.29, 0.717) is 5.56 Å². The molecule has 1 N–H and O–H groups in total.